The van der Waals surface area contributed by atoms with E-state index in [0.717, 1.165) is 51.3 Å². The highest BCUT2D eigenvalue weighted by atomic mass is 16.3. The van der Waals surface area contributed by atoms with E-state index in [1.807, 2.05) is 12.1 Å². The topological polar surface area (TPSA) is 39.9 Å². The Morgan fingerprint density at radius 3 is 2.50 bits per heavy atom. The molecule has 4 heteroatoms. The molecule has 102 valence electrons. The van der Waals surface area contributed by atoms with Gasteiger partial charge in [0.25, 0.3) is 0 Å². The van der Waals surface area contributed by atoms with Crippen LogP contribution in [0.1, 0.15) is 25.0 Å². The van der Waals surface area contributed by atoms with Crippen LogP contribution in [0.15, 0.2) is 22.8 Å². The van der Waals surface area contributed by atoms with Crippen LogP contribution in [0, 0.1) is 0 Å². The molecule has 1 aromatic heterocycles. The fourth-order valence-electron chi connectivity index (χ4n) is 2.42. The third-order valence-corrected chi connectivity index (χ3v) is 3.56. The highest BCUT2D eigenvalue weighted by molar-refractivity contribution is 4.98. The average molecular weight is 252 g/mol. The minimum absolute atomic E-state index is 0.330. The molecule has 1 N–H and O–H groups in total. The highest BCUT2D eigenvalue weighted by Crippen LogP contribution is 2.09. The summed E-state index contributed by atoms with van der Waals surface area (Å²) in [6, 6.07) is 3.99. The summed E-state index contributed by atoms with van der Waals surface area (Å²) in [5.41, 5.74) is 0. The molecule has 0 aliphatic carbocycles. The summed E-state index contributed by atoms with van der Waals surface area (Å²) in [5, 5.41) is 8.73. The first-order chi connectivity index (χ1) is 8.88. The first kappa shape index (κ1) is 13.6. The van der Waals surface area contributed by atoms with Gasteiger partial charge in [0, 0.05) is 32.8 Å². The van der Waals surface area contributed by atoms with Crippen LogP contribution in [-0.4, -0.2) is 54.2 Å². The van der Waals surface area contributed by atoms with Gasteiger partial charge in [-0.1, -0.05) is 0 Å². The molecule has 18 heavy (non-hydrogen) atoms. The summed E-state index contributed by atoms with van der Waals surface area (Å²) in [6.07, 6.45) is 5.03. The Hall–Kier alpha value is -0.840. The van der Waals surface area contributed by atoms with Gasteiger partial charge in [-0.25, -0.2) is 0 Å². The third-order valence-electron chi connectivity index (χ3n) is 3.56. The normalized spacial score (nSPS) is 18.3. The van der Waals surface area contributed by atoms with Crippen LogP contribution in [0.5, 0.6) is 0 Å². The lowest BCUT2D eigenvalue weighted by atomic mass is 10.2. The summed E-state index contributed by atoms with van der Waals surface area (Å²) >= 11 is 0. The number of nitrogens with zero attached hydrogens (tertiary/aromatic N) is 2. The standard InChI is InChI=1S/C14H24N2O2/c17-11-3-1-2-6-15-7-9-16(10-8-15)13-14-5-4-12-18-14/h4-5,12,17H,1-3,6-11,13H2. The van der Waals surface area contributed by atoms with Gasteiger partial charge in [0.2, 0.25) is 0 Å². The maximum atomic E-state index is 8.73. The molecule has 0 aromatic carbocycles. The quantitative estimate of drug-likeness (QED) is 0.748. The van der Waals surface area contributed by atoms with Gasteiger partial charge in [0.05, 0.1) is 12.8 Å². The maximum Gasteiger partial charge on any atom is 0.117 e. The molecular weight excluding hydrogens is 228 g/mol. The molecule has 1 aliphatic rings. The maximum absolute atomic E-state index is 8.73. The minimum atomic E-state index is 0.330. The number of rotatable bonds is 7. The van der Waals surface area contributed by atoms with E-state index in [-0.39, 0.29) is 0 Å². The number of unbranched alkanes of at least 4 members (excludes halogenated alkanes) is 2. The van der Waals surface area contributed by atoms with Gasteiger partial charge in [-0.3, -0.25) is 4.90 Å². The third kappa shape index (κ3) is 4.44. The van der Waals surface area contributed by atoms with Crippen LogP contribution in [0.3, 0.4) is 0 Å². The Bertz CT molecular complexity index is 306. The Morgan fingerprint density at radius 1 is 1.06 bits per heavy atom. The monoisotopic (exact) mass is 252 g/mol. The summed E-state index contributed by atoms with van der Waals surface area (Å²) in [4.78, 5) is 4.97. The molecule has 0 amide bonds. The van der Waals surface area contributed by atoms with Crippen LogP contribution in [0.2, 0.25) is 0 Å². The van der Waals surface area contributed by atoms with E-state index >= 15 is 0 Å². The Kier molecular flexibility index (Phi) is 5.71. The molecule has 0 spiro atoms. The molecule has 2 heterocycles. The molecule has 1 fully saturated rings. The molecule has 1 aromatic rings. The van der Waals surface area contributed by atoms with Crippen LogP contribution in [0.4, 0.5) is 0 Å². The highest BCUT2D eigenvalue weighted by Gasteiger charge is 2.16. The minimum Gasteiger partial charge on any atom is -0.468 e. The largest absolute Gasteiger partial charge is 0.468 e. The van der Waals surface area contributed by atoms with Crippen molar-refractivity contribution in [1.29, 1.82) is 0 Å². The zero-order valence-electron chi connectivity index (χ0n) is 11.1. The van der Waals surface area contributed by atoms with E-state index in [0.29, 0.717) is 6.61 Å². The molecule has 2 rings (SSSR count). The van der Waals surface area contributed by atoms with Gasteiger partial charge in [-0.2, -0.15) is 0 Å². The number of aliphatic hydroxyl groups excluding tert-OH is 1. The summed E-state index contributed by atoms with van der Waals surface area (Å²) in [6.45, 7) is 7.00. The summed E-state index contributed by atoms with van der Waals surface area (Å²) in [7, 11) is 0. The Labute approximate surface area is 109 Å². The number of furan rings is 1. The van der Waals surface area contributed by atoms with Crippen molar-refractivity contribution < 1.29 is 9.52 Å². The molecule has 1 aliphatic heterocycles. The fraction of sp³-hybridized carbons (Fsp3) is 0.714. The zero-order chi connectivity index (χ0) is 12.6. The van der Waals surface area contributed by atoms with E-state index < -0.39 is 0 Å². The molecule has 0 saturated carbocycles. The Morgan fingerprint density at radius 2 is 1.83 bits per heavy atom. The number of aliphatic hydroxyl groups is 1. The molecular formula is C14H24N2O2. The second kappa shape index (κ2) is 7.56. The van der Waals surface area contributed by atoms with Gasteiger partial charge in [-0.15, -0.1) is 0 Å². The van der Waals surface area contributed by atoms with E-state index in [1.165, 1.54) is 13.0 Å². The average Bonchev–Trinajstić information content (AvgIpc) is 2.89. The van der Waals surface area contributed by atoms with Crippen LogP contribution in [0.25, 0.3) is 0 Å². The van der Waals surface area contributed by atoms with Gasteiger partial charge < -0.3 is 14.4 Å². The number of hydrogen-bond acceptors (Lipinski definition) is 4. The van der Waals surface area contributed by atoms with E-state index in [1.54, 1.807) is 6.26 Å². The van der Waals surface area contributed by atoms with Crippen molar-refractivity contribution in [1.82, 2.24) is 9.80 Å². The van der Waals surface area contributed by atoms with Crippen molar-refractivity contribution in [2.75, 3.05) is 39.3 Å². The van der Waals surface area contributed by atoms with Crippen molar-refractivity contribution in [3.05, 3.63) is 24.2 Å². The van der Waals surface area contributed by atoms with Crippen LogP contribution in [-0.2, 0) is 6.54 Å². The van der Waals surface area contributed by atoms with Crippen LogP contribution < -0.4 is 0 Å². The lowest BCUT2D eigenvalue weighted by Crippen LogP contribution is -2.46. The van der Waals surface area contributed by atoms with Crippen molar-refractivity contribution in [2.45, 2.75) is 25.8 Å². The van der Waals surface area contributed by atoms with Gasteiger partial charge in [-0.05, 0) is 37.9 Å². The molecule has 0 atom stereocenters. The van der Waals surface area contributed by atoms with Crippen molar-refractivity contribution in [3.8, 4) is 0 Å². The van der Waals surface area contributed by atoms with Gasteiger partial charge in [0.1, 0.15) is 5.76 Å². The van der Waals surface area contributed by atoms with Crippen molar-refractivity contribution in [3.63, 3.8) is 0 Å². The van der Waals surface area contributed by atoms with Crippen molar-refractivity contribution >= 4 is 0 Å². The Balaban J connectivity index is 1.59. The molecule has 0 radical (unpaired) electrons. The first-order valence-electron chi connectivity index (χ1n) is 6.96. The van der Waals surface area contributed by atoms with E-state index in [4.69, 9.17) is 9.52 Å². The fourth-order valence-corrected chi connectivity index (χ4v) is 2.42. The predicted molar refractivity (Wildman–Crippen MR) is 71.4 cm³/mol. The lowest BCUT2D eigenvalue weighted by molar-refractivity contribution is 0.119. The predicted octanol–water partition coefficient (Wildman–Crippen LogP) is 1.56. The molecule has 0 bridgehead atoms. The summed E-state index contributed by atoms with van der Waals surface area (Å²) < 4.78 is 5.38. The molecule has 4 nitrogen and oxygen atoms in total. The van der Waals surface area contributed by atoms with Gasteiger partial charge in [0.15, 0.2) is 0 Å². The van der Waals surface area contributed by atoms with Gasteiger partial charge >= 0.3 is 0 Å². The van der Waals surface area contributed by atoms with Crippen LogP contribution >= 0.6 is 0 Å². The van der Waals surface area contributed by atoms with E-state index in [2.05, 4.69) is 9.80 Å². The van der Waals surface area contributed by atoms with E-state index in [9.17, 15) is 0 Å². The smallest absolute Gasteiger partial charge is 0.117 e. The second-order valence-electron chi connectivity index (χ2n) is 4.98. The first-order valence-corrected chi connectivity index (χ1v) is 6.96. The van der Waals surface area contributed by atoms with Crippen molar-refractivity contribution in [2.24, 2.45) is 0 Å². The number of piperazine rings is 1. The molecule has 0 unspecified atom stereocenters. The summed E-state index contributed by atoms with van der Waals surface area (Å²) in [5.74, 6) is 1.06. The SMILES string of the molecule is OCCCCCN1CCN(Cc2ccco2)CC1. The second-order valence-corrected chi connectivity index (χ2v) is 4.98. The number of hydrogen-bond donors (Lipinski definition) is 1. The lowest BCUT2D eigenvalue weighted by Gasteiger charge is -2.34. The zero-order valence-corrected chi connectivity index (χ0v) is 11.1. The molecule has 1 saturated heterocycles.